The van der Waals surface area contributed by atoms with Crippen LogP contribution in [0.5, 0.6) is 5.75 Å². The molecule has 1 N–H and O–H groups in total. The molecule has 0 unspecified atom stereocenters. The van der Waals surface area contributed by atoms with Crippen LogP contribution in [0.2, 0.25) is 0 Å². The normalized spacial score (nSPS) is 14.3. The number of ether oxygens (including phenoxy) is 1. The van der Waals surface area contributed by atoms with E-state index in [4.69, 9.17) is 4.74 Å². The number of hydrogen-bond acceptors (Lipinski definition) is 4. The molecule has 0 atom stereocenters. The Kier molecular flexibility index (Phi) is 3.65. The van der Waals surface area contributed by atoms with Crippen molar-refractivity contribution in [2.24, 2.45) is 0 Å². The van der Waals surface area contributed by atoms with E-state index < -0.39 is 0 Å². The highest BCUT2D eigenvalue weighted by Crippen LogP contribution is 2.17. The van der Waals surface area contributed by atoms with Crippen LogP contribution in [0.3, 0.4) is 0 Å². The first-order valence-corrected chi connectivity index (χ1v) is 6.66. The van der Waals surface area contributed by atoms with Crippen molar-refractivity contribution in [2.45, 2.75) is 0 Å². The molecule has 0 aliphatic carbocycles. The summed E-state index contributed by atoms with van der Waals surface area (Å²) in [5.74, 6) is 0.229. The highest BCUT2D eigenvalue weighted by molar-refractivity contribution is 5.91. The largest absolute Gasteiger partial charge is 0.423 e. The van der Waals surface area contributed by atoms with Crippen molar-refractivity contribution in [3.8, 4) is 5.75 Å². The van der Waals surface area contributed by atoms with Crippen molar-refractivity contribution in [2.75, 3.05) is 24.7 Å². The second-order valence-corrected chi connectivity index (χ2v) is 4.67. The van der Waals surface area contributed by atoms with Crippen LogP contribution in [0.4, 0.5) is 5.69 Å². The van der Waals surface area contributed by atoms with Gasteiger partial charge < -0.3 is 9.64 Å². The number of nitrogens with zero attached hydrogens (tertiary/aromatic N) is 1. The van der Waals surface area contributed by atoms with E-state index in [1.807, 2.05) is 30.3 Å². The number of anilines is 1. The molecule has 1 fully saturated rings. The number of nitrogens with one attached hydrogen (secondary N) is 1. The van der Waals surface area contributed by atoms with Crippen LogP contribution in [0.25, 0.3) is 0 Å². The molecule has 4 heteroatoms. The Morgan fingerprint density at radius 3 is 2.45 bits per heavy atom. The van der Waals surface area contributed by atoms with Gasteiger partial charge in [-0.15, -0.1) is 0 Å². The Labute approximate surface area is 118 Å². The van der Waals surface area contributed by atoms with Gasteiger partial charge in [0, 0.05) is 18.8 Å². The van der Waals surface area contributed by atoms with Gasteiger partial charge in [0.25, 0.3) is 0 Å². The summed E-state index contributed by atoms with van der Waals surface area (Å²) in [6.45, 7) is 2.85. The van der Waals surface area contributed by atoms with Crippen LogP contribution in [0.1, 0.15) is 10.4 Å². The van der Waals surface area contributed by atoms with Crippen LogP contribution in [-0.2, 0) is 0 Å². The van der Waals surface area contributed by atoms with Gasteiger partial charge in [-0.25, -0.2) is 4.79 Å². The lowest BCUT2D eigenvalue weighted by molar-refractivity contribution is 0.0735. The van der Waals surface area contributed by atoms with Gasteiger partial charge in [0.2, 0.25) is 0 Å². The Morgan fingerprint density at radius 2 is 1.80 bits per heavy atom. The number of benzene rings is 2. The van der Waals surface area contributed by atoms with Crippen LogP contribution >= 0.6 is 0 Å². The minimum Gasteiger partial charge on any atom is -0.423 e. The molecule has 4 nitrogen and oxygen atoms in total. The third-order valence-electron chi connectivity index (χ3n) is 3.28. The maximum Gasteiger partial charge on any atom is 0.343 e. The quantitative estimate of drug-likeness (QED) is 0.685. The zero-order valence-corrected chi connectivity index (χ0v) is 11.1. The number of esters is 1. The Bertz CT molecular complexity index is 575. The van der Waals surface area contributed by atoms with Gasteiger partial charge in [-0.05, 0) is 36.4 Å². The predicted molar refractivity (Wildman–Crippen MR) is 78.1 cm³/mol. The standard InChI is InChI=1S/C16H16N2O2/c19-16(20-15-4-2-1-3-5-15)13-6-8-14(9-7-13)18-11-10-17-12-18/h1-9,17H,10-12H2. The van der Waals surface area contributed by atoms with Gasteiger partial charge in [-0.1, -0.05) is 18.2 Å². The first-order chi connectivity index (χ1) is 9.83. The van der Waals surface area contributed by atoms with Crippen molar-refractivity contribution in [3.63, 3.8) is 0 Å². The van der Waals surface area contributed by atoms with E-state index in [2.05, 4.69) is 10.2 Å². The lowest BCUT2D eigenvalue weighted by Gasteiger charge is -2.16. The second-order valence-electron chi connectivity index (χ2n) is 4.67. The number of hydrogen-bond donors (Lipinski definition) is 1. The van der Waals surface area contributed by atoms with E-state index in [1.165, 1.54) is 0 Å². The molecule has 1 aliphatic heterocycles. The molecular weight excluding hydrogens is 252 g/mol. The summed E-state index contributed by atoms with van der Waals surface area (Å²) in [5, 5.41) is 3.28. The summed E-state index contributed by atoms with van der Waals surface area (Å²) in [6, 6.07) is 16.6. The molecule has 1 heterocycles. The van der Waals surface area contributed by atoms with Crippen molar-refractivity contribution in [1.82, 2.24) is 5.32 Å². The Hall–Kier alpha value is -2.33. The fourth-order valence-corrected chi connectivity index (χ4v) is 2.19. The molecule has 0 aromatic heterocycles. The highest BCUT2D eigenvalue weighted by Gasteiger charge is 2.13. The molecule has 2 aromatic carbocycles. The fourth-order valence-electron chi connectivity index (χ4n) is 2.19. The summed E-state index contributed by atoms with van der Waals surface area (Å²) >= 11 is 0. The summed E-state index contributed by atoms with van der Waals surface area (Å²) in [5.41, 5.74) is 1.68. The van der Waals surface area contributed by atoms with E-state index in [-0.39, 0.29) is 5.97 Å². The molecule has 2 aromatic rings. The molecule has 0 bridgehead atoms. The molecule has 0 saturated carbocycles. The van der Waals surface area contributed by atoms with E-state index in [1.54, 1.807) is 24.3 Å². The number of rotatable bonds is 3. The molecule has 0 amide bonds. The van der Waals surface area contributed by atoms with Crippen LogP contribution in [-0.4, -0.2) is 25.7 Å². The zero-order valence-electron chi connectivity index (χ0n) is 11.1. The van der Waals surface area contributed by atoms with E-state index in [0.29, 0.717) is 11.3 Å². The molecule has 0 spiro atoms. The average Bonchev–Trinajstić information content (AvgIpc) is 3.03. The first-order valence-electron chi connectivity index (χ1n) is 6.66. The van der Waals surface area contributed by atoms with Gasteiger partial charge in [0.15, 0.2) is 0 Å². The monoisotopic (exact) mass is 268 g/mol. The minimum atomic E-state index is -0.331. The average molecular weight is 268 g/mol. The van der Waals surface area contributed by atoms with Crippen LogP contribution < -0.4 is 15.0 Å². The molecular formula is C16H16N2O2. The maximum atomic E-state index is 12.0. The molecule has 1 aliphatic rings. The van der Waals surface area contributed by atoms with Crippen molar-refractivity contribution >= 4 is 11.7 Å². The summed E-state index contributed by atoms with van der Waals surface area (Å²) in [7, 11) is 0. The summed E-state index contributed by atoms with van der Waals surface area (Å²) in [4.78, 5) is 14.2. The lowest BCUT2D eigenvalue weighted by Crippen LogP contribution is -2.21. The molecule has 0 radical (unpaired) electrons. The van der Waals surface area contributed by atoms with Crippen LogP contribution in [0.15, 0.2) is 54.6 Å². The molecule has 1 saturated heterocycles. The van der Waals surface area contributed by atoms with Crippen LogP contribution in [0, 0.1) is 0 Å². The SMILES string of the molecule is O=C(Oc1ccccc1)c1ccc(N2CCNC2)cc1. The smallest absolute Gasteiger partial charge is 0.343 e. The summed E-state index contributed by atoms with van der Waals surface area (Å²) < 4.78 is 5.30. The summed E-state index contributed by atoms with van der Waals surface area (Å²) in [6.07, 6.45) is 0. The molecule has 20 heavy (non-hydrogen) atoms. The number of para-hydroxylation sites is 1. The van der Waals surface area contributed by atoms with Gasteiger partial charge in [0.1, 0.15) is 5.75 Å². The van der Waals surface area contributed by atoms with Crippen molar-refractivity contribution < 1.29 is 9.53 Å². The van der Waals surface area contributed by atoms with Gasteiger partial charge >= 0.3 is 5.97 Å². The molecule has 102 valence electrons. The molecule has 3 rings (SSSR count). The van der Waals surface area contributed by atoms with Crippen molar-refractivity contribution in [1.29, 1.82) is 0 Å². The minimum absolute atomic E-state index is 0.331. The fraction of sp³-hybridized carbons (Fsp3) is 0.188. The Balaban J connectivity index is 1.69. The predicted octanol–water partition coefficient (Wildman–Crippen LogP) is 2.27. The van der Waals surface area contributed by atoms with Gasteiger partial charge in [-0.2, -0.15) is 0 Å². The number of carbonyl (C=O) groups excluding carboxylic acids is 1. The van der Waals surface area contributed by atoms with Crippen molar-refractivity contribution in [3.05, 3.63) is 60.2 Å². The second kappa shape index (κ2) is 5.75. The van der Waals surface area contributed by atoms with E-state index in [0.717, 1.165) is 25.4 Å². The van der Waals surface area contributed by atoms with E-state index in [9.17, 15) is 4.79 Å². The lowest BCUT2D eigenvalue weighted by atomic mass is 10.2. The first kappa shape index (κ1) is 12.7. The van der Waals surface area contributed by atoms with E-state index >= 15 is 0 Å². The maximum absolute atomic E-state index is 12.0. The topological polar surface area (TPSA) is 41.6 Å². The Morgan fingerprint density at radius 1 is 1.05 bits per heavy atom. The number of carbonyl (C=O) groups is 1. The highest BCUT2D eigenvalue weighted by atomic mass is 16.5. The van der Waals surface area contributed by atoms with Gasteiger partial charge in [0.05, 0.1) is 12.2 Å². The third-order valence-corrected chi connectivity index (χ3v) is 3.28. The zero-order chi connectivity index (χ0) is 13.8. The van der Waals surface area contributed by atoms with Gasteiger partial charge in [-0.3, -0.25) is 5.32 Å². The third kappa shape index (κ3) is 2.81.